The average molecular weight is 389 g/mol. The van der Waals surface area contributed by atoms with Gasteiger partial charge in [-0.1, -0.05) is 29.3 Å². The predicted molar refractivity (Wildman–Crippen MR) is 103 cm³/mol. The highest BCUT2D eigenvalue weighted by Gasteiger charge is 2.05. The van der Waals surface area contributed by atoms with Crippen molar-refractivity contribution >= 4 is 58.0 Å². The molecule has 0 fully saturated rings. The molecule has 0 heterocycles. The number of nitrogens with one attached hydrogen (secondary N) is 2. The van der Waals surface area contributed by atoms with Crippen LogP contribution in [0.2, 0.25) is 10.0 Å². The van der Waals surface area contributed by atoms with Crippen LogP contribution in [0.4, 0.5) is 10.1 Å². The fraction of sp³-hybridized carbons (Fsp3) is 0.188. The van der Waals surface area contributed by atoms with E-state index in [1.807, 2.05) is 18.2 Å². The summed E-state index contributed by atoms with van der Waals surface area (Å²) >= 11 is 19.1. The van der Waals surface area contributed by atoms with Crippen LogP contribution in [0.5, 0.6) is 0 Å². The van der Waals surface area contributed by atoms with Crippen LogP contribution in [0.3, 0.4) is 0 Å². The molecule has 0 saturated heterocycles. The highest BCUT2D eigenvalue weighted by molar-refractivity contribution is 7.98. The van der Waals surface area contributed by atoms with Crippen LogP contribution < -0.4 is 10.6 Å². The molecule has 122 valence electrons. The molecule has 2 aromatic carbocycles. The monoisotopic (exact) mass is 388 g/mol. The van der Waals surface area contributed by atoms with E-state index < -0.39 is 0 Å². The summed E-state index contributed by atoms with van der Waals surface area (Å²) in [6.07, 6.45) is 0. The maximum atomic E-state index is 12.8. The predicted octanol–water partition coefficient (Wildman–Crippen LogP) is 5.35. The number of hydrogen-bond acceptors (Lipinski definition) is 2. The number of hydrogen-bond donors (Lipinski definition) is 2. The Morgan fingerprint density at radius 1 is 1.09 bits per heavy atom. The van der Waals surface area contributed by atoms with Crippen LogP contribution in [0, 0.1) is 5.82 Å². The van der Waals surface area contributed by atoms with Crippen LogP contribution in [-0.2, 0) is 5.75 Å². The van der Waals surface area contributed by atoms with E-state index in [-0.39, 0.29) is 5.82 Å². The quantitative estimate of drug-likeness (QED) is 0.514. The second-order valence-electron chi connectivity index (χ2n) is 4.64. The topological polar surface area (TPSA) is 24.1 Å². The molecule has 0 unspecified atom stereocenters. The van der Waals surface area contributed by atoms with Gasteiger partial charge in [-0.2, -0.15) is 11.8 Å². The molecule has 2 aromatic rings. The van der Waals surface area contributed by atoms with Gasteiger partial charge in [0.15, 0.2) is 5.11 Å². The minimum Gasteiger partial charge on any atom is -0.362 e. The Hall–Kier alpha value is -1.01. The Bertz CT molecular complexity index is 645. The van der Waals surface area contributed by atoms with E-state index in [1.165, 1.54) is 12.1 Å². The largest absolute Gasteiger partial charge is 0.362 e. The summed E-state index contributed by atoms with van der Waals surface area (Å²) < 4.78 is 12.8. The number of halogens is 3. The zero-order valence-electron chi connectivity index (χ0n) is 12.1. The van der Waals surface area contributed by atoms with Gasteiger partial charge in [-0.05, 0) is 54.2 Å². The molecular formula is C16H15Cl2FN2S2. The van der Waals surface area contributed by atoms with Crippen molar-refractivity contribution in [3.8, 4) is 0 Å². The van der Waals surface area contributed by atoms with Gasteiger partial charge in [0, 0.05) is 33.8 Å². The van der Waals surface area contributed by atoms with E-state index >= 15 is 0 Å². The third-order valence-electron chi connectivity index (χ3n) is 2.94. The number of rotatable bonds is 6. The third kappa shape index (κ3) is 6.18. The van der Waals surface area contributed by atoms with Gasteiger partial charge in [-0.25, -0.2) is 4.39 Å². The summed E-state index contributed by atoms with van der Waals surface area (Å²) in [4.78, 5) is 0. The lowest BCUT2D eigenvalue weighted by molar-refractivity contribution is 0.628. The van der Waals surface area contributed by atoms with E-state index in [0.29, 0.717) is 21.7 Å². The fourth-order valence-corrected chi connectivity index (χ4v) is 3.61. The van der Waals surface area contributed by atoms with Gasteiger partial charge in [0.25, 0.3) is 0 Å². The van der Waals surface area contributed by atoms with E-state index in [2.05, 4.69) is 10.6 Å². The highest BCUT2D eigenvalue weighted by atomic mass is 35.5. The Morgan fingerprint density at radius 2 is 1.74 bits per heavy atom. The second-order valence-corrected chi connectivity index (χ2v) is 6.97. The molecule has 0 aliphatic heterocycles. The van der Waals surface area contributed by atoms with Crippen molar-refractivity contribution in [3.63, 3.8) is 0 Å². The smallest absolute Gasteiger partial charge is 0.170 e. The molecule has 0 spiro atoms. The van der Waals surface area contributed by atoms with Gasteiger partial charge in [-0.15, -0.1) is 0 Å². The first-order valence-corrected chi connectivity index (χ1v) is 9.19. The molecule has 0 aliphatic rings. The Morgan fingerprint density at radius 3 is 2.39 bits per heavy atom. The fourth-order valence-electron chi connectivity index (χ4n) is 1.79. The van der Waals surface area contributed by atoms with Gasteiger partial charge in [-0.3, -0.25) is 0 Å². The van der Waals surface area contributed by atoms with Gasteiger partial charge in [0.2, 0.25) is 0 Å². The molecule has 2 rings (SSSR count). The lowest BCUT2D eigenvalue weighted by Crippen LogP contribution is -2.30. The van der Waals surface area contributed by atoms with Crippen LogP contribution in [0.25, 0.3) is 0 Å². The molecule has 23 heavy (non-hydrogen) atoms. The zero-order valence-corrected chi connectivity index (χ0v) is 15.3. The Kier molecular flexibility index (Phi) is 7.43. The van der Waals surface area contributed by atoms with E-state index in [4.69, 9.17) is 35.4 Å². The van der Waals surface area contributed by atoms with Crippen LogP contribution in [0.1, 0.15) is 5.56 Å². The van der Waals surface area contributed by atoms with Crippen molar-refractivity contribution in [2.75, 3.05) is 17.6 Å². The zero-order chi connectivity index (χ0) is 16.7. The Balaban J connectivity index is 1.67. The van der Waals surface area contributed by atoms with Crippen molar-refractivity contribution in [1.82, 2.24) is 5.32 Å². The van der Waals surface area contributed by atoms with Crippen molar-refractivity contribution < 1.29 is 4.39 Å². The van der Waals surface area contributed by atoms with Gasteiger partial charge < -0.3 is 10.6 Å². The molecule has 0 aromatic heterocycles. The molecule has 0 saturated carbocycles. The SMILES string of the molecule is Fc1ccc(NC(=S)NCCSCc2c(Cl)cccc2Cl)cc1. The molecule has 0 aliphatic carbocycles. The minimum absolute atomic E-state index is 0.274. The van der Waals surface area contributed by atoms with Crippen molar-refractivity contribution in [3.05, 3.63) is 63.9 Å². The molecule has 0 atom stereocenters. The summed E-state index contributed by atoms with van der Waals surface area (Å²) in [6, 6.07) is 11.5. The van der Waals surface area contributed by atoms with Crippen molar-refractivity contribution in [2.24, 2.45) is 0 Å². The molecule has 7 heteroatoms. The number of thioether (sulfide) groups is 1. The summed E-state index contributed by atoms with van der Waals surface area (Å²) in [5.74, 6) is 1.33. The second kappa shape index (κ2) is 9.33. The van der Waals surface area contributed by atoms with Crippen molar-refractivity contribution in [2.45, 2.75) is 5.75 Å². The summed E-state index contributed by atoms with van der Waals surface area (Å²) in [6.45, 7) is 0.708. The van der Waals surface area contributed by atoms with E-state index in [9.17, 15) is 4.39 Å². The lowest BCUT2D eigenvalue weighted by Gasteiger charge is -2.11. The molecule has 0 radical (unpaired) electrons. The summed E-state index contributed by atoms with van der Waals surface area (Å²) in [5, 5.41) is 7.98. The number of anilines is 1. The maximum absolute atomic E-state index is 12.8. The molecule has 0 bridgehead atoms. The standard InChI is InChI=1S/C16H15Cl2FN2S2/c17-14-2-1-3-15(18)13(14)10-23-9-8-20-16(22)21-12-6-4-11(19)5-7-12/h1-7H,8-10H2,(H2,20,21,22). The molecule has 2 nitrogen and oxygen atoms in total. The number of benzene rings is 2. The maximum Gasteiger partial charge on any atom is 0.170 e. The van der Waals surface area contributed by atoms with Crippen LogP contribution >= 0.6 is 47.2 Å². The minimum atomic E-state index is -0.274. The molecule has 2 N–H and O–H groups in total. The highest BCUT2D eigenvalue weighted by Crippen LogP contribution is 2.27. The van der Waals surface area contributed by atoms with E-state index in [0.717, 1.165) is 22.8 Å². The summed E-state index contributed by atoms with van der Waals surface area (Å²) in [5.41, 5.74) is 1.70. The van der Waals surface area contributed by atoms with E-state index in [1.54, 1.807) is 23.9 Å². The molecular weight excluding hydrogens is 374 g/mol. The Labute approximate surface area is 154 Å². The molecule has 0 amide bonds. The van der Waals surface area contributed by atoms with Crippen molar-refractivity contribution in [1.29, 1.82) is 0 Å². The van der Waals surface area contributed by atoms with Gasteiger partial charge in [0.05, 0.1) is 0 Å². The van der Waals surface area contributed by atoms with Crippen LogP contribution in [-0.4, -0.2) is 17.4 Å². The van der Waals surface area contributed by atoms with Crippen LogP contribution in [0.15, 0.2) is 42.5 Å². The lowest BCUT2D eigenvalue weighted by atomic mass is 10.2. The first kappa shape index (κ1) is 18.3. The average Bonchev–Trinajstić information content (AvgIpc) is 2.52. The van der Waals surface area contributed by atoms with Gasteiger partial charge in [0.1, 0.15) is 5.82 Å². The summed E-state index contributed by atoms with van der Waals surface area (Å²) in [7, 11) is 0. The first-order chi connectivity index (χ1) is 11.1. The first-order valence-electron chi connectivity index (χ1n) is 6.87. The third-order valence-corrected chi connectivity index (χ3v) is 4.88. The number of thiocarbonyl (C=S) groups is 1. The van der Waals surface area contributed by atoms with Gasteiger partial charge >= 0.3 is 0 Å². The normalized spacial score (nSPS) is 10.4.